The molecule has 10 heteroatoms. The summed E-state index contributed by atoms with van der Waals surface area (Å²) in [5.41, 5.74) is 1.16. The molecule has 1 aromatic heterocycles. The summed E-state index contributed by atoms with van der Waals surface area (Å²) in [5.74, 6) is 0.831. The fourth-order valence-corrected chi connectivity index (χ4v) is 4.32. The van der Waals surface area contributed by atoms with Gasteiger partial charge in [-0.25, -0.2) is 8.42 Å². The molecule has 0 aliphatic rings. The molecule has 1 unspecified atom stereocenters. The summed E-state index contributed by atoms with van der Waals surface area (Å²) in [7, 11) is -0.652. The van der Waals surface area contributed by atoms with Crippen LogP contribution < -0.4 is 9.04 Å². The number of likely N-dealkylation sites (N-methyl/N-ethyl adjacent to an activating group) is 1. The lowest BCUT2D eigenvalue weighted by Crippen LogP contribution is -2.48. The van der Waals surface area contributed by atoms with Gasteiger partial charge in [0, 0.05) is 12.6 Å². The van der Waals surface area contributed by atoms with Gasteiger partial charge in [-0.2, -0.15) is 4.98 Å². The first-order chi connectivity index (χ1) is 14.7. The molecule has 0 aliphatic carbocycles. The van der Waals surface area contributed by atoms with E-state index >= 15 is 0 Å². The average molecular weight is 445 g/mol. The van der Waals surface area contributed by atoms with Gasteiger partial charge in [-0.05, 0) is 31.2 Å². The third-order valence-electron chi connectivity index (χ3n) is 4.64. The number of ether oxygens (including phenoxy) is 1. The van der Waals surface area contributed by atoms with E-state index in [1.54, 1.807) is 31.3 Å². The van der Waals surface area contributed by atoms with Crippen molar-refractivity contribution >= 4 is 21.6 Å². The van der Waals surface area contributed by atoms with Crippen LogP contribution in [0.1, 0.15) is 12.8 Å². The maximum absolute atomic E-state index is 13.0. The summed E-state index contributed by atoms with van der Waals surface area (Å²) < 4.78 is 36.4. The number of benzene rings is 2. The van der Waals surface area contributed by atoms with E-state index in [1.807, 2.05) is 30.3 Å². The molecule has 2 aromatic carbocycles. The van der Waals surface area contributed by atoms with Crippen LogP contribution in [-0.2, 0) is 21.4 Å². The highest BCUT2D eigenvalue weighted by Crippen LogP contribution is 2.24. The number of nitrogens with zero attached hydrogens (tertiary/aromatic N) is 4. The molecule has 0 N–H and O–H groups in total. The van der Waals surface area contributed by atoms with E-state index in [0.29, 0.717) is 17.3 Å². The number of aromatic nitrogens is 2. The predicted molar refractivity (Wildman–Crippen MR) is 116 cm³/mol. The number of anilines is 1. The zero-order valence-electron chi connectivity index (χ0n) is 17.7. The van der Waals surface area contributed by atoms with E-state index in [-0.39, 0.29) is 12.4 Å². The molecule has 0 saturated carbocycles. The van der Waals surface area contributed by atoms with Gasteiger partial charge < -0.3 is 14.2 Å². The van der Waals surface area contributed by atoms with Gasteiger partial charge in [-0.15, -0.1) is 0 Å². The fraction of sp³-hybridized carbons (Fsp3) is 0.286. The van der Waals surface area contributed by atoms with Crippen LogP contribution in [0.15, 0.2) is 59.1 Å². The molecule has 0 saturated heterocycles. The number of sulfonamides is 1. The lowest BCUT2D eigenvalue weighted by atomic mass is 10.2. The first kappa shape index (κ1) is 22.3. The van der Waals surface area contributed by atoms with E-state index in [2.05, 4.69) is 10.1 Å². The monoisotopic (exact) mass is 444 g/mol. The highest BCUT2D eigenvalue weighted by atomic mass is 32.2. The molecular weight excluding hydrogens is 420 g/mol. The third-order valence-corrected chi connectivity index (χ3v) is 5.88. The van der Waals surface area contributed by atoms with Crippen LogP contribution in [0.4, 0.5) is 5.69 Å². The minimum absolute atomic E-state index is 0.0449. The lowest BCUT2D eigenvalue weighted by Gasteiger charge is -2.30. The first-order valence-electron chi connectivity index (χ1n) is 9.47. The van der Waals surface area contributed by atoms with Gasteiger partial charge in [0.2, 0.25) is 27.6 Å². The predicted octanol–water partition coefficient (Wildman–Crippen LogP) is 2.56. The van der Waals surface area contributed by atoms with Crippen LogP contribution in [-0.4, -0.2) is 55.8 Å². The molecule has 3 aromatic rings. The second-order valence-electron chi connectivity index (χ2n) is 7.00. The Bertz CT molecular complexity index is 1130. The molecule has 1 atom stereocenters. The van der Waals surface area contributed by atoms with Crippen molar-refractivity contribution in [3.8, 4) is 17.1 Å². The van der Waals surface area contributed by atoms with Crippen LogP contribution in [0, 0.1) is 0 Å². The van der Waals surface area contributed by atoms with Gasteiger partial charge >= 0.3 is 0 Å². The highest BCUT2D eigenvalue weighted by Gasteiger charge is 2.31. The summed E-state index contributed by atoms with van der Waals surface area (Å²) in [4.78, 5) is 18.7. The van der Waals surface area contributed by atoms with Crippen LogP contribution in [0.3, 0.4) is 0 Å². The van der Waals surface area contributed by atoms with Gasteiger partial charge in [0.15, 0.2) is 0 Å². The topological polar surface area (TPSA) is 106 Å². The number of carbonyl (C=O) groups is 1. The molecule has 31 heavy (non-hydrogen) atoms. The Balaban J connectivity index is 1.77. The van der Waals surface area contributed by atoms with Crippen LogP contribution >= 0.6 is 0 Å². The van der Waals surface area contributed by atoms with Gasteiger partial charge in [-0.3, -0.25) is 9.10 Å². The SMILES string of the molecule is COc1ccc(N(C(C)C(=O)N(C)Cc2nc(-c3ccccc3)no2)S(C)(=O)=O)cc1. The van der Waals surface area contributed by atoms with Gasteiger partial charge in [0.1, 0.15) is 11.8 Å². The quantitative estimate of drug-likeness (QED) is 0.526. The largest absolute Gasteiger partial charge is 0.497 e. The lowest BCUT2D eigenvalue weighted by molar-refractivity contribution is -0.131. The zero-order valence-corrected chi connectivity index (χ0v) is 18.5. The van der Waals surface area contributed by atoms with Crippen molar-refractivity contribution in [2.75, 3.05) is 24.7 Å². The molecule has 0 spiro atoms. The average Bonchev–Trinajstić information content (AvgIpc) is 3.22. The normalized spacial score (nSPS) is 12.3. The van der Waals surface area contributed by atoms with Crippen molar-refractivity contribution in [2.45, 2.75) is 19.5 Å². The standard InChI is InChI=1S/C21H24N4O5S/c1-15(25(31(4,27)28)17-10-12-18(29-3)13-11-17)21(26)24(2)14-19-22-20(23-30-19)16-8-6-5-7-9-16/h5-13,15H,14H2,1-4H3. The molecule has 1 heterocycles. The van der Waals surface area contributed by atoms with Crippen molar-refractivity contribution in [1.82, 2.24) is 15.0 Å². The summed E-state index contributed by atoms with van der Waals surface area (Å²) >= 11 is 0. The smallest absolute Gasteiger partial charge is 0.246 e. The summed E-state index contributed by atoms with van der Waals surface area (Å²) in [6, 6.07) is 14.8. The Morgan fingerprint density at radius 3 is 2.35 bits per heavy atom. The molecule has 0 radical (unpaired) electrons. The van der Waals surface area contributed by atoms with E-state index in [1.165, 1.54) is 18.9 Å². The molecular formula is C21H24N4O5S. The van der Waals surface area contributed by atoms with Gasteiger partial charge in [0.25, 0.3) is 0 Å². The highest BCUT2D eigenvalue weighted by molar-refractivity contribution is 7.92. The molecule has 3 rings (SSSR count). The van der Waals surface area contributed by atoms with Gasteiger partial charge in [-0.1, -0.05) is 35.5 Å². The Morgan fingerprint density at radius 2 is 1.77 bits per heavy atom. The van der Waals surface area contributed by atoms with Crippen LogP contribution in [0.25, 0.3) is 11.4 Å². The molecule has 0 bridgehead atoms. The van der Waals surface area contributed by atoms with Crippen molar-refractivity contribution in [3.05, 3.63) is 60.5 Å². The summed E-state index contributed by atoms with van der Waals surface area (Å²) in [5, 5.41) is 3.94. The van der Waals surface area contributed by atoms with E-state index in [9.17, 15) is 13.2 Å². The van der Waals surface area contributed by atoms with Crippen LogP contribution in [0.5, 0.6) is 5.75 Å². The van der Waals surface area contributed by atoms with Crippen molar-refractivity contribution in [2.24, 2.45) is 0 Å². The fourth-order valence-electron chi connectivity index (χ4n) is 3.16. The number of hydrogen-bond donors (Lipinski definition) is 0. The van der Waals surface area contributed by atoms with Gasteiger partial charge in [0.05, 0.1) is 25.6 Å². The number of methoxy groups -OCH3 is 1. The molecule has 0 aliphatic heterocycles. The minimum Gasteiger partial charge on any atom is -0.497 e. The number of amides is 1. The van der Waals surface area contributed by atoms with E-state index in [0.717, 1.165) is 16.1 Å². The van der Waals surface area contributed by atoms with Crippen LogP contribution in [0.2, 0.25) is 0 Å². The minimum atomic E-state index is -3.73. The Morgan fingerprint density at radius 1 is 1.13 bits per heavy atom. The maximum atomic E-state index is 13.0. The molecule has 0 fully saturated rings. The molecule has 9 nitrogen and oxygen atoms in total. The molecule has 164 valence electrons. The Hall–Kier alpha value is -3.40. The Labute approximate surface area is 181 Å². The third kappa shape index (κ3) is 5.21. The van der Waals surface area contributed by atoms with Crippen molar-refractivity contribution < 1.29 is 22.5 Å². The van der Waals surface area contributed by atoms with E-state index < -0.39 is 22.0 Å². The second kappa shape index (κ2) is 9.17. The van der Waals surface area contributed by atoms with Crippen molar-refractivity contribution in [1.29, 1.82) is 0 Å². The summed E-state index contributed by atoms with van der Waals surface area (Å²) in [6.45, 7) is 1.58. The first-order valence-corrected chi connectivity index (χ1v) is 11.3. The zero-order chi connectivity index (χ0) is 22.6. The number of carbonyl (C=O) groups excluding carboxylic acids is 1. The second-order valence-corrected chi connectivity index (χ2v) is 8.86. The number of rotatable bonds is 8. The summed E-state index contributed by atoms with van der Waals surface area (Å²) in [6.07, 6.45) is 1.06. The number of hydrogen-bond acceptors (Lipinski definition) is 7. The van der Waals surface area contributed by atoms with Crippen molar-refractivity contribution in [3.63, 3.8) is 0 Å². The molecule has 1 amide bonds. The van der Waals surface area contributed by atoms with E-state index in [4.69, 9.17) is 9.26 Å². The Kier molecular flexibility index (Phi) is 6.59. The maximum Gasteiger partial charge on any atom is 0.246 e.